The van der Waals surface area contributed by atoms with Gasteiger partial charge in [-0.05, 0) is 18.2 Å². The molecule has 20 heavy (non-hydrogen) atoms. The van der Waals surface area contributed by atoms with Crippen LogP contribution in [0.1, 0.15) is 12.5 Å². The maximum Gasteiger partial charge on any atom is 0.237 e. The lowest BCUT2D eigenvalue weighted by Gasteiger charge is -2.16. The molecule has 0 fully saturated rings. The van der Waals surface area contributed by atoms with Gasteiger partial charge in [0.25, 0.3) is 0 Å². The number of nitrogens with zero attached hydrogens (tertiary/aromatic N) is 1. The fourth-order valence-corrected chi connectivity index (χ4v) is 2.20. The van der Waals surface area contributed by atoms with Gasteiger partial charge >= 0.3 is 0 Å². The monoisotopic (exact) mass is 284 g/mol. The highest BCUT2D eigenvalue weighted by Gasteiger charge is 2.17. The Balaban J connectivity index is 2.54. The third-order valence-electron chi connectivity index (χ3n) is 2.78. The highest BCUT2D eigenvalue weighted by molar-refractivity contribution is 7.81. The molecule has 0 aliphatic rings. The van der Waals surface area contributed by atoms with Crippen molar-refractivity contribution in [3.05, 3.63) is 66.5 Å². The van der Waals surface area contributed by atoms with Crippen LogP contribution in [-0.2, 0) is 0 Å². The van der Waals surface area contributed by atoms with Gasteiger partial charge in [-0.25, -0.2) is 0 Å². The first kappa shape index (κ1) is 14.2. The van der Waals surface area contributed by atoms with Crippen LogP contribution in [0, 0.1) is 0 Å². The van der Waals surface area contributed by atoms with Crippen LogP contribution in [0.3, 0.4) is 0 Å². The zero-order chi connectivity index (χ0) is 14.4. The summed E-state index contributed by atoms with van der Waals surface area (Å²) >= 11 is 5.34. The van der Waals surface area contributed by atoms with Gasteiger partial charge in [0, 0.05) is 18.7 Å². The molecular weight excluding hydrogens is 268 g/mol. The van der Waals surface area contributed by atoms with Crippen LogP contribution in [0.5, 0.6) is 0 Å². The van der Waals surface area contributed by atoms with Crippen molar-refractivity contribution in [1.29, 1.82) is 0 Å². The van der Waals surface area contributed by atoms with Crippen molar-refractivity contribution in [2.24, 2.45) is 0 Å². The second-order valence-corrected chi connectivity index (χ2v) is 4.59. The van der Waals surface area contributed by atoms with Gasteiger partial charge < -0.3 is 10.4 Å². The van der Waals surface area contributed by atoms with Crippen molar-refractivity contribution in [3.8, 4) is 0 Å². The number of hydrogen-bond acceptors (Lipinski definition) is 2. The number of aromatic nitrogens is 1. The van der Waals surface area contributed by atoms with Crippen molar-refractivity contribution < 1.29 is 9.67 Å². The SMILES string of the molecule is CCNC(=S)C(=C([O-])c1ccccc1)[n+]1ccccc1. The number of thiocarbonyl (C=S) groups is 1. The van der Waals surface area contributed by atoms with E-state index in [4.69, 9.17) is 12.2 Å². The maximum absolute atomic E-state index is 12.7. The third kappa shape index (κ3) is 3.22. The van der Waals surface area contributed by atoms with Crippen molar-refractivity contribution in [2.45, 2.75) is 6.92 Å². The van der Waals surface area contributed by atoms with E-state index in [9.17, 15) is 5.11 Å². The molecule has 0 amide bonds. The highest BCUT2D eigenvalue weighted by atomic mass is 32.1. The molecule has 1 heterocycles. The first-order valence-corrected chi connectivity index (χ1v) is 6.86. The second-order valence-electron chi connectivity index (χ2n) is 4.19. The Morgan fingerprint density at radius 2 is 1.70 bits per heavy atom. The van der Waals surface area contributed by atoms with Crippen LogP contribution >= 0.6 is 12.2 Å². The molecule has 4 heteroatoms. The summed E-state index contributed by atoms with van der Waals surface area (Å²) in [4.78, 5) is 0.456. The van der Waals surface area contributed by atoms with Crippen LogP contribution in [0.2, 0.25) is 0 Å². The maximum atomic E-state index is 12.7. The van der Waals surface area contributed by atoms with E-state index >= 15 is 0 Å². The molecule has 0 radical (unpaired) electrons. The molecule has 1 N–H and O–H groups in total. The van der Waals surface area contributed by atoms with Crippen molar-refractivity contribution >= 4 is 28.7 Å². The number of benzene rings is 1. The quantitative estimate of drug-likeness (QED) is 0.401. The summed E-state index contributed by atoms with van der Waals surface area (Å²) < 4.78 is 1.75. The predicted molar refractivity (Wildman–Crippen MR) is 82.5 cm³/mol. The van der Waals surface area contributed by atoms with Crippen LogP contribution in [0.25, 0.3) is 11.5 Å². The lowest BCUT2D eigenvalue weighted by molar-refractivity contribution is -0.577. The number of likely N-dealkylation sites (N-methyl/N-ethyl adjacent to an activating group) is 1. The summed E-state index contributed by atoms with van der Waals surface area (Å²) in [5.74, 6) is -0.0900. The predicted octanol–water partition coefficient (Wildman–Crippen LogP) is 1.60. The molecular formula is C16H16N2OS. The number of rotatable bonds is 4. The summed E-state index contributed by atoms with van der Waals surface area (Å²) in [6.07, 6.45) is 3.64. The normalized spacial score (nSPS) is 11.7. The van der Waals surface area contributed by atoms with Crippen LogP contribution < -0.4 is 15.0 Å². The average Bonchev–Trinajstić information content (AvgIpc) is 2.50. The van der Waals surface area contributed by atoms with E-state index in [1.54, 1.807) is 16.7 Å². The molecule has 2 aromatic rings. The Morgan fingerprint density at radius 3 is 2.30 bits per heavy atom. The highest BCUT2D eigenvalue weighted by Crippen LogP contribution is 2.13. The van der Waals surface area contributed by atoms with Crippen molar-refractivity contribution in [2.75, 3.05) is 6.54 Å². The zero-order valence-electron chi connectivity index (χ0n) is 11.2. The number of pyridine rings is 1. The molecule has 0 saturated carbocycles. The average molecular weight is 284 g/mol. The Kier molecular flexibility index (Phi) is 4.85. The van der Waals surface area contributed by atoms with E-state index in [2.05, 4.69) is 5.32 Å². The number of hydrogen-bond donors (Lipinski definition) is 1. The van der Waals surface area contributed by atoms with Gasteiger partial charge in [0.05, 0.1) is 0 Å². The first-order chi connectivity index (χ1) is 9.74. The molecule has 0 spiro atoms. The van der Waals surface area contributed by atoms with Gasteiger partial charge in [-0.15, -0.1) is 0 Å². The summed E-state index contributed by atoms with van der Waals surface area (Å²) in [6.45, 7) is 2.63. The van der Waals surface area contributed by atoms with Gasteiger partial charge in [0.1, 0.15) is 0 Å². The lowest BCUT2D eigenvalue weighted by Crippen LogP contribution is -2.42. The molecule has 0 atom stereocenters. The van der Waals surface area contributed by atoms with Crippen molar-refractivity contribution in [3.63, 3.8) is 0 Å². The van der Waals surface area contributed by atoms with Crippen LogP contribution in [0.15, 0.2) is 60.9 Å². The number of nitrogens with one attached hydrogen (secondary N) is 1. The topological polar surface area (TPSA) is 39.0 Å². The smallest absolute Gasteiger partial charge is 0.237 e. The van der Waals surface area contributed by atoms with E-state index in [1.165, 1.54) is 0 Å². The van der Waals surface area contributed by atoms with Crippen LogP contribution in [0.4, 0.5) is 0 Å². The molecule has 3 nitrogen and oxygen atoms in total. The summed E-state index contributed by atoms with van der Waals surface area (Å²) in [5.41, 5.74) is 1.09. The van der Waals surface area contributed by atoms with Gasteiger partial charge in [-0.1, -0.05) is 48.6 Å². The Bertz CT molecular complexity index is 609. The van der Waals surface area contributed by atoms with Crippen molar-refractivity contribution in [1.82, 2.24) is 5.32 Å². The minimum Gasteiger partial charge on any atom is -0.867 e. The molecule has 0 aliphatic heterocycles. The van der Waals surface area contributed by atoms with Gasteiger partial charge in [-0.2, -0.15) is 4.57 Å². The Labute approximate surface area is 124 Å². The van der Waals surface area contributed by atoms with E-state index in [0.717, 1.165) is 0 Å². The zero-order valence-corrected chi connectivity index (χ0v) is 12.1. The summed E-state index contributed by atoms with van der Waals surface area (Å²) in [7, 11) is 0. The molecule has 0 aliphatic carbocycles. The molecule has 0 unspecified atom stereocenters. The molecule has 0 bridgehead atoms. The third-order valence-corrected chi connectivity index (χ3v) is 3.11. The van der Waals surface area contributed by atoms with E-state index in [1.807, 2.05) is 55.7 Å². The standard InChI is InChI=1S/C16H16N2OS/c1-2-17-16(20)14(18-11-7-4-8-12-18)15(19)13-9-5-3-6-10-13/h3-12H,2H2,1H3,(H-,17,19,20). The first-order valence-electron chi connectivity index (χ1n) is 6.45. The molecule has 1 aromatic carbocycles. The molecule has 2 rings (SSSR count). The molecule has 1 aromatic heterocycles. The van der Waals surface area contributed by atoms with Crippen LogP contribution in [-0.4, -0.2) is 11.5 Å². The van der Waals surface area contributed by atoms with E-state index < -0.39 is 0 Å². The van der Waals surface area contributed by atoms with E-state index in [-0.39, 0.29) is 5.76 Å². The summed E-state index contributed by atoms with van der Waals surface area (Å²) in [5, 5.41) is 15.7. The minimum absolute atomic E-state index is 0.0900. The summed E-state index contributed by atoms with van der Waals surface area (Å²) in [6, 6.07) is 14.8. The van der Waals surface area contributed by atoms with Gasteiger partial charge in [-0.3, -0.25) is 0 Å². The fraction of sp³-hybridized carbons (Fsp3) is 0.125. The largest absolute Gasteiger partial charge is 0.867 e. The minimum atomic E-state index is -0.0900. The van der Waals surface area contributed by atoms with E-state index in [0.29, 0.717) is 22.8 Å². The van der Waals surface area contributed by atoms with Gasteiger partial charge in [0.15, 0.2) is 17.4 Å². The Morgan fingerprint density at radius 1 is 1.10 bits per heavy atom. The Hall–Kier alpha value is -2.20. The van der Waals surface area contributed by atoms with Gasteiger partial charge in [0.2, 0.25) is 5.70 Å². The fourth-order valence-electron chi connectivity index (χ4n) is 1.86. The molecule has 102 valence electrons. The molecule has 0 saturated heterocycles. The lowest BCUT2D eigenvalue weighted by atomic mass is 10.1. The second kappa shape index (κ2) is 6.82.